The number of nitrogens with one attached hydrogen (secondary N) is 1. The van der Waals surface area contributed by atoms with Gasteiger partial charge in [0.2, 0.25) is 0 Å². The van der Waals surface area contributed by atoms with E-state index in [0.29, 0.717) is 25.3 Å². The van der Waals surface area contributed by atoms with Crippen LogP contribution in [0.25, 0.3) is 5.70 Å². The number of unbranched alkanes of at least 4 members (excludes halogenated alkanes) is 1. The van der Waals surface area contributed by atoms with Crippen molar-refractivity contribution in [2.75, 3.05) is 47.9 Å². The largest absolute Gasteiger partial charge is 0.496 e. The number of hydrogen-bond donors (Lipinski definition) is 2. The first-order valence-corrected chi connectivity index (χ1v) is 22.4. The SMILES string of the molecule is CC.CCC.COc1ccncc1C1=CN(CCCCN(C)[C@H]2CCOC(=O)[C@H](C)C(=O)[C@H](C)[C@@H](O[C@H]3C[C@@H](N(C)C)C[C@@H](C)O3)[C@@H](C)C[C@@H](C)C(=O)[C@@H]2C)C=CN1.O=CO. The summed E-state index contributed by atoms with van der Waals surface area (Å²) in [5, 5.41) is 10.2. The quantitative estimate of drug-likeness (QED) is 0.0976. The molecule has 0 bridgehead atoms. The maximum atomic E-state index is 14.1. The minimum atomic E-state index is -0.924. The maximum absolute atomic E-state index is 14.1. The first-order chi connectivity index (χ1) is 29.0. The smallest absolute Gasteiger partial charge is 0.316 e. The predicted molar refractivity (Wildman–Crippen MR) is 241 cm³/mol. The molecule has 61 heavy (non-hydrogen) atoms. The van der Waals surface area contributed by atoms with Crippen molar-refractivity contribution in [3.05, 3.63) is 42.6 Å². The van der Waals surface area contributed by atoms with Gasteiger partial charge >= 0.3 is 5.97 Å². The van der Waals surface area contributed by atoms with E-state index >= 15 is 0 Å². The molecule has 0 aromatic carbocycles. The molecule has 2 fully saturated rings. The van der Waals surface area contributed by atoms with Crippen molar-refractivity contribution in [1.29, 1.82) is 0 Å². The minimum Gasteiger partial charge on any atom is -0.496 e. The number of pyridine rings is 1. The Morgan fingerprint density at radius 1 is 0.984 bits per heavy atom. The molecule has 2 saturated heterocycles. The summed E-state index contributed by atoms with van der Waals surface area (Å²) in [6.45, 7) is 21.3. The summed E-state index contributed by atoms with van der Waals surface area (Å²) >= 11 is 0. The molecule has 10 atom stereocenters. The highest BCUT2D eigenvalue weighted by Gasteiger charge is 2.41. The second kappa shape index (κ2) is 29.5. The number of carbonyl (C=O) groups excluding carboxylic acids is 3. The number of hydrogen-bond acceptors (Lipinski definition) is 13. The van der Waals surface area contributed by atoms with Crippen LogP contribution in [0.2, 0.25) is 0 Å². The third kappa shape index (κ3) is 17.8. The highest BCUT2D eigenvalue weighted by molar-refractivity contribution is 5.99. The van der Waals surface area contributed by atoms with E-state index in [2.05, 4.69) is 66.1 Å². The van der Waals surface area contributed by atoms with Crippen LogP contribution in [0.4, 0.5) is 0 Å². The molecule has 4 rings (SSSR count). The van der Waals surface area contributed by atoms with Crippen molar-refractivity contribution in [1.82, 2.24) is 25.0 Å². The van der Waals surface area contributed by atoms with Crippen LogP contribution in [0, 0.1) is 29.6 Å². The number of ether oxygens (including phenoxy) is 4. The molecule has 14 nitrogen and oxygen atoms in total. The van der Waals surface area contributed by atoms with Crippen molar-refractivity contribution in [3.8, 4) is 5.75 Å². The van der Waals surface area contributed by atoms with Gasteiger partial charge in [0.05, 0.1) is 37.2 Å². The number of methoxy groups -OCH3 is 1. The van der Waals surface area contributed by atoms with Gasteiger partial charge in [-0.15, -0.1) is 0 Å². The average Bonchev–Trinajstić information content (AvgIpc) is 3.25. The molecule has 0 amide bonds. The highest BCUT2D eigenvalue weighted by Crippen LogP contribution is 2.33. The van der Waals surface area contributed by atoms with Gasteiger partial charge in [0.25, 0.3) is 6.47 Å². The third-order valence-corrected chi connectivity index (χ3v) is 11.5. The number of ketones is 2. The summed E-state index contributed by atoms with van der Waals surface area (Å²) in [5.74, 6) is -1.97. The van der Waals surface area contributed by atoms with Crippen LogP contribution in [0.3, 0.4) is 0 Å². The van der Waals surface area contributed by atoms with Crippen LogP contribution in [0.5, 0.6) is 5.75 Å². The number of rotatable bonds is 11. The van der Waals surface area contributed by atoms with E-state index in [0.717, 1.165) is 49.4 Å². The van der Waals surface area contributed by atoms with E-state index in [-0.39, 0.29) is 54.5 Å². The zero-order valence-electron chi connectivity index (χ0n) is 39.9. The predicted octanol–water partition coefficient (Wildman–Crippen LogP) is 7.49. The fourth-order valence-corrected chi connectivity index (χ4v) is 8.22. The summed E-state index contributed by atoms with van der Waals surface area (Å²) in [4.78, 5) is 60.3. The van der Waals surface area contributed by atoms with Gasteiger partial charge in [-0.05, 0) is 85.6 Å². The van der Waals surface area contributed by atoms with Gasteiger partial charge in [-0.25, -0.2) is 0 Å². The first kappa shape index (κ1) is 55.2. The minimum absolute atomic E-state index is 0.00998. The Kier molecular flexibility index (Phi) is 26.6. The molecule has 4 heterocycles. The molecule has 0 saturated carbocycles. The molecule has 2 N–H and O–H groups in total. The van der Waals surface area contributed by atoms with Crippen LogP contribution in [0.15, 0.2) is 37.1 Å². The number of cyclic esters (lactones) is 1. The van der Waals surface area contributed by atoms with Crippen LogP contribution < -0.4 is 10.1 Å². The Morgan fingerprint density at radius 2 is 1.64 bits per heavy atom. The molecule has 348 valence electrons. The molecular formula is C47H81N5O9. The standard InChI is InChI=1S/C41H65N5O7.C3H8.C2H6.CH2O2/c1-26-21-27(2)40(53-37-23-32(44(7)8)22-28(3)52-37)30(5)39(48)31(6)41(49)51-20-14-35(29(4)38(26)47)45(9)17-11-12-18-46-19-16-43-34(25-46)33-24-42-15-13-36(33)50-10;1-3-2;1-2;2-1-3/h13,15-16,19,24-32,35,37,40,43H,11-12,14,17-18,20-23H2,1-10H3;3H2,1-2H3;1-2H3;1H,(H,2,3)/t26-,27+,28-,29-,30+,31-,32+,35+,37+,40+;;;/m1.../s1. The van der Waals surface area contributed by atoms with E-state index in [1.807, 2.05) is 67.1 Å². The van der Waals surface area contributed by atoms with Crippen molar-refractivity contribution in [2.45, 2.75) is 145 Å². The summed E-state index contributed by atoms with van der Waals surface area (Å²) in [5.41, 5.74) is 1.81. The van der Waals surface area contributed by atoms with Gasteiger partial charge in [0.1, 0.15) is 17.5 Å². The number of Topliss-reactive ketones (excluding diaryl/α,β-unsaturated/α-hetero) is 2. The summed E-state index contributed by atoms with van der Waals surface area (Å²) in [6.07, 6.45) is 14.2. The molecule has 0 spiro atoms. The molecule has 3 aliphatic rings. The third-order valence-electron chi connectivity index (χ3n) is 11.5. The van der Waals surface area contributed by atoms with Crippen molar-refractivity contribution >= 4 is 29.7 Å². The molecule has 1 aromatic rings. The van der Waals surface area contributed by atoms with E-state index in [9.17, 15) is 14.4 Å². The average molecular weight is 860 g/mol. The maximum Gasteiger partial charge on any atom is 0.316 e. The Labute approximate surface area is 367 Å². The van der Waals surface area contributed by atoms with E-state index in [1.165, 1.54) is 6.42 Å². The van der Waals surface area contributed by atoms with Gasteiger partial charge in [-0.3, -0.25) is 24.2 Å². The van der Waals surface area contributed by atoms with Crippen molar-refractivity contribution in [2.24, 2.45) is 29.6 Å². The number of esters is 1. The Bertz CT molecular complexity index is 1510. The molecule has 3 aliphatic heterocycles. The van der Waals surface area contributed by atoms with Crippen LogP contribution in [-0.2, 0) is 33.4 Å². The number of carboxylic acid groups (broad SMARTS) is 1. The van der Waals surface area contributed by atoms with Crippen LogP contribution in [-0.4, -0.2) is 127 Å². The lowest BCUT2D eigenvalue weighted by atomic mass is 9.78. The van der Waals surface area contributed by atoms with Gasteiger partial charge in [-0.1, -0.05) is 61.8 Å². The van der Waals surface area contributed by atoms with Gasteiger partial charge in [0, 0.05) is 73.8 Å². The molecule has 0 unspecified atom stereocenters. The Hall–Kier alpha value is -3.85. The van der Waals surface area contributed by atoms with Crippen LogP contribution >= 0.6 is 0 Å². The first-order valence-electron chi connectivity index (χ1n) is 22.4. The number of nitrogens with zero attached hydrogens (tertiary/aromatic N) is 4. The van der Waals surface area contributed by atoms with E-state index < -0.39 is 30.2 Å². The molecular weight excluding hydrogens is 779 g/mol. The second-order valence-electron chi connectivity index (χ2n) is 16.6. The topological polar surface area (TPSA) is 160 Å². The van der Waals surface area contributed by atoms with Crippen molar-refractivity contribution in [3.63, 3.8) is 0 Å². The summed E-state index contributed by atoms with van der Waals surface area (Å²) < 4.78 is 24.1. The lowest BCUT2D eigenvalue weighted by molar-refractivity contribution is -0.236. The highest BCUT2D eigenvalue weighted by atomic mass is 16.7. The fraction of sp³-hybridized carbons (Fsp3) is 0.723. The summed E-state index contributed by atoms with van der Waals surface area (Å²) in [7, 11) is 7.82. The number of aromatic nitrogens is 1. The monoisotopic (exact) mass is 860 g/mol. The zero-order chi connectivity index (χ0) is 46.2. The normalized spacial score (nSPS) is 28.6. The van der Waals surface area contributed by atoms with Crippen LogP contribution in [0.1, 0.15) is 120 Å². The lowest BCUT2D eigenvalue weighted by Crippen LogP contribution is -2.48. The van der Waals surface area contributed by atoms with Gasteiger partial charge < -0.3 is 44.1 Å². The van der Waals surface area contributed by atoms with Crippen molar-refractivity contribution < 1.29 is 43.2 Å². The van der Waals surface area contributed by atoms with E-state index in [1.54, 1.807) is 26.4 Å². The summed E-state index contributed by atoms with van der Waals surface area (Å²) in [6, 6.07) is 2.01. The fourth-order valence-electron chi connectivity index (χ4n) is 8.22. The van der Waals surface area contributed by atoms with E-state index in [4.69, 9.17) is 28.8 Å². The zero-order valence-corrected chi connectivity index (χ0v) is 39.9. The van der Waals surface area contributed by atoms with Gasteiger partial charge in [-0.2, -0.15) is 0 Å². The molecule has 14 heteroatoms. The molecule has 0 radical (unpaired) electrons. The Morgan fingerprint density at radius 3 is 2.26 bits per heavy atom. The second-order valence-corrected chi connectivity index (χ2v) is 16.6. The van der Waals surface area contributed by atoms with Gasteiger partial charge in [0.15, 0.2) is 12.1 Å². The molecule has 0 aliphatic carbocycles. The molecule has 1 aromatic heterocycles. The Balaban J connectivity index is 0.00000216. The number of carbonyl (C=O) groups is 4. The lowest BCUT2D eigenvalue weighted by Gasteiger charge is -2.41.